The molecule has 0 heterocycles. The zero-order chi connectivity index (χ0) is 13.5. The van der Waals surface area contributed by atoms with Crippen molar-refractivity contribution < 1.29 is 4.74 Å². The molecule has 106 valence electrons. The van der Waals surface area contributed by atoms with Crippen LogP contribution < -0.4 is 5.32 Å². The van der Waals surface area contributed by atoms with Crippen molar-refractivity contribution in [3.8, 4) is 0 Å². The molecule has 0 radical (unpaired) electrons. The van der Waals surface area contributed by atoms with Gasteiger partial charge in [-0.25, -0.2) is 0 Å². The lowest BCUT2D eigenvalue weighted by Crippen LogP contribution is -2.36. The number of benzene rings is 1. The molecular formula is C17H27NO. The Morgan fingerprint density at radius 1 is 1.21 bits per heavy atom. The van der Waals surface area contributed by atoms with Crippen molar-refractivity contribution in [3.63, 3.8) is 0 Å². The molecule has 1 N–H and O–H groups in total. The molecule has 0 saturated heterocycles. The van der Waals surface area contributed by atoms with Crippen molar-refractivity contribution in [2.24, 2.45) is 0 Å². The van der Waals surface area contributed by atoms with Gasteiger partial charge in [-0.15, -0.1) is 0 Å². The second-order valence-electron chi connectivity index (χ2n) is 5.47. The minimum Gasteiger partial charge on any atom is -0.380 e. The first kappa shape index (κ1) is 14.5. The summed E-state index contributed by atoms with van der Waals surface area (Å²) in [5, 5.41) is 3.60. The molecule has 0 aliphatic heterocycles. The second kappa shape index (κ2) is 7.66. The van der Waals surface area contributed by atoms with Gasteiger partial charge >= 0.3 is 0 Å². The lowest BCUT2D eigenvalue weighted by atomic mass is 10.0. The lowest BCUT2D eigenvalue weighted by molar-refractivity contribution is 0.122. The number of hydrogen-bond acceptors (Lipinski definition) is 2. The van der Waals surface area contributed by atoms with Crippen molar-refractivity contribution in [3.05, 3.63) is 34.9 Å². The van der Waals surface area contributed by atoms with Gasteiger partial charge in [0.25, 0.3) is 0 Å². The third-order valence-electron chi connectivity index (χ3n) is 3.85. The predicted molar refractivity (Wildman–Crippen MR) is 80.7 cm³/mol. The van der Waals surface area contributed by atoms with Gasteiger partial charge in [0.15, 0.2) is 0 Å². The zero-order valence-corrected chi connectivity index (χ0v) is 12.4. The van der Waals surface area contributed by atoms with Gasteiger partial charge in [0.1, 0.15) is 0 Å². The highest BCUT2D eigenvalue weighted by atomic mass is 16.5. The molecule has 0 aromatic heterocycles. The number of hydrogen-bond donors (Lipinski definition) is 1. The molecule has 1 aliphatic rings. The van der Waals surface area contributed by atoms with Gasteiger partial charge in [-0.2, -0.15) is 0 Å². The molecule has 1 atom stereocenters. The molecule has 2 nitrogen and oxygen atoms in total. The maximum Gasteiger partial charge on any atom is 0.0622 e. The van der Waals surface area contributed by atoms with Gasteiger partial charge in [-0.3, -0.25) is 0 Å². The van der Waals surface area contributed by atoms with Gasteiger partial charge in [-0.05, 0) is 62.3 Å². The molecule has 1 aliphatic carbocycles. The monoisotopic (exact) mass is 261 g/mol. The summed E-state index contributed by atoms with van der Waals surface area (Å²) in [6.07, 6.45) is 6.11. The number of aryl methyl sites for hydroxylation is 2. The largest absolute Gasteiger partial charge is 0.380 e. The van der Waals surface area contributed by atoms with E-state index in [-0.39, 0.29) is 0 Å². The fraction of sp³-hybridized carbons (Fsp3) is 0.647. The van der Waals surface area contributed by atoms with E-state index >= 15 is 0 Å². The van der Waals surface area contributed by atoms with Gasteiger partial charge in [0.05, 0.1) is 6.61 Å². The van der Waals surface area contributed by atoms with E-state index in [4.69, 9.17) is 4.74 Å². The van der Waals surface area contributed by atoms with E-state index in [0.29, 0.717) is 6.04 Å². The van der Waals surface area contributed by atoms with Crippen LogP contribution in [0, 0.1) is 0 Å². The fourth-order valence-electron chi connectivity index (χ4n) is 2.84. The minimum absolute atomic E-state index is 0.444. The van der Waals surface area contributed by atoms with Crippen LogP contribution in [0.25, 0.3) is 0 Å². The molecule has 1 unspecified atom stereocenters. The highest BCUT2D eigenvalue weighted by Gasteiger charge is 2.13. The van der Waals surface area contributed by atoms with Crippen molar-refractivity contribution in [2.75, 3.05) is 19.8 Å². The predicted octanol–water partition coefficient (Wildman–Crippen LogP) is 3.12. The fourth-order valence-corrected chi connectivity index (χ4v) is 2.84. The maximum atomic E-state index is 5.60. The van der Waals surface area contributed by atoms with E-state index < -0.39 is 0 Å². The summed E-state index contributed by atoms with van der Waals surface area (Å²) in [5.74, 6) is 0. The summed E-state index contributed by atoms with van der Waals surface area (Å²) < 4.78 is 5.60. The van der Waals surface area contributed by atoms with Crippen LogP contribution in [-0.2, 0) is 24.0 Å². The summed E-state index contributed by atoms with van der Waals surface area (Å²) in [5.41, 5.74) is 4.59. The van der Waals surface area contributed by atoms with Gasteiger partial charge in [0, 0.05) is 12.6 Å². The van der Waals surface area contributed by atoms with Crippen LogP contribution in [0.3, 0.4) is 0 Å². The van der Waals surface area contributed by atoms with E-state index in [2.05, 4.69) is 37.4 Å². The van der Waals surface area contributed by atoms with Crippen LogP contribution in [0.2, 0.25) is 0 Å². The molecule has 2 heteroatoms. The van der Waals surface area contributed by atoms with E-state index in [9.17, 15) is 0 Å². The molecule has 19 heavy (non-hydrogen) atoms. The first-order valence-electron chi connectivity index (χ1n) is 7.75. The van der Waals surface area contributed by atoms with E-state index in [1.165, 1.54) is 31.2 Å². The van der Waals surface area contributed by atoms with Crippen molar-refractivity contribution >= 4 is 0 Å². The molecule has 1 aromatic rings. The van der Waals surface area contributed by atoms with Crippen LogP contribution in [0.15, 0.2) is 18.2 Å². The summed E-state index contributed by atoms with van der Waals surface area (Å²) >= 11 is 0. The van der Waals surface area contributed by atoms with Crippen LogP contribution in [0.5, 0.6) is 0 Å². The number of nitrogens with one attached hydrogen (secondary N) is 1. The Morgan fingerprint density at radius 3 is 2.84 bits per heavy atom. The number of ether oxygens (including phenoxy) is 1. The topological polar surface area (TPSA) is 21.3 Å². The van der Waals surface area contributed by atoms with Crippen LogP contribution in [0.4, 0.5) is 0 Å². The Labute approximate surface area is 117 Å². The van der Waals surface area contributed by atoms with Crippen LogP contribution >= 0.6 is 0 Å². The third kappa shape index (κ3) is 4.32. The second-order valence-corrected chi connectivity index (χ2v) is 5.47. The molecule has 0 spiro atoms. The van der Waals surface area contributed by atoms with E-state index in [1.807, 2.05) is 0 Å². The smallest absolute Gasteiger partial charge is 0.0622 e. The normalized spacial score (nSPS) is 15.5. The average molecular weight is 261 g/mol. The Bertz CT molecular complexity index is 381. The quantitative estimate of drug-likeness (QED) is 0.776. The molecule has 0 amide bonds. The van der Waals surface area contributed by atoms with Crippen LogP contribution in [-0.4, -0.2) is 25.8 Å². The van der Waals surface area contributed by atoms with Gasteiger partial charge in [0.2, 0.25) is 0 Å². The van der Waals surface area contributed by atoms with Crippen molar-refractivity contribution in [1.29, 1.82) is 0 Å². The molecule has 1 aromatic carbocycles. The summed E-state index contributed by atoms with van der Waals surface area (Å²) in [6, 6.07) is 7.49. The molecule has 0 fully saturated rings. The standard InChI is InChI=1S/C17H27NO/c1-3-10-18-17(13-19-4-2)12-14-8-9-15-6-5-7-16(15)11-14/h8-9,11,17-18H,3-7,10,12-13H2,1-2H3. The minimum atomic E-state index is 0.444. The first-order valence-corrected chi connectivity index (χ1v) is 7.75. The highest BCUT2D eigenvalue weighted by Crippen LogP contribution is 2.23. The van der Waals surface area contributed by atoms with E-state index in [1.54, 1.807) is 11.1 Å². The average Bonchev–Trinajstić information content (AvgIpc) is 2.89. The molecule has 0 saturated carbocycles. The van der Waals surface area contributed by atoms with Gasteiger partial charge in [-0.1, -0.05) is 25.1 Å². The lowest BCUT2D eigenvalue weighted by Gasteiger charge is -2.19. The van der Waals surface area contributed by atoms with Crippen molar-refractivity contribution in [2.45, 2.75) is 52.0 Å². The SMILES string of the molecule is CCCNC(COCC)Cc1ccc2c(c1)CCC2. The third-order valence-corrected chi connectivity index (χ3v) is 3.85. The Balaban J connectivity index is 1.95. The summed E-state index contributed by atoms with van der Waals surface area (Å²) in [7, 11) is 0. The van der Waals surface area contributed by atoms with Crippen molar-refractivity contribution in [1.82, 2.24) is 5.32 Å². The first-order chi connectivity index (χ1) is 9.33. The molecular weight excluding hydrogens is 234 g/mol. The van der Waals surface area contributed by atoms with Crippen LogP contribution in [0.1, 0.15) is 43.4 Å². The van der Waals surface area contributed by atoms with E-state index in [0.717, 1.165) is 26.2 Å². The number of fused-ring (bicyclic) bond motifs is 1. The maximum absolute atomic E-state index is 5.60. The summed E-state index contributed by atoms with van der Waals surface area (Å²) in [6.45, 7) is 6.96. The zero-order valence-electron chi connectivity index (χ0n) is 12.4. The Kier molecular flexibility index (Phi) is 5.87. The molecule has 2 rings (SSSR count). The number of rotatable bonds is 8. The Morgan fingerprint density at radius 2 is 2.05 bits per heavy atom. The molecule has 0 bridgehead atoms. The van der Waals surface area contributed by atoms with Gasteiger partial charge < -0.3 is 10.1 Å². The Hall–Kier alpha value is -0.860. The highest BCUT2D eigenvalue weighted by molar-refractivity contribution is 5.35. The summed E-state index contributed by atoms with van der Waals surface area (Å²) in [4.78, 5) is 0.